The van der Waals surface area contributed by atoms with Gasteiger partial charge in [0.05, 0.1) is 18.6 Å². The molecule has 1 aromatic heterocycles. The summed E-state index contributed by atoms with van der Waals surface area (Å²) in [6.45, 7) is 6.37. The van der Waals surface area contributed by atoms with E-state index in [1.54, 1.807) is 13.3 Å². The van der Waals surface area contributed by atoms with Crippen LogP contribution in [-0.2, 0) is 10.0 Å². The van der Waals surface area contributed by atoms with Gasteiger partial charge in [0, 0.05) is 33.2 Å². The van der Waals surface area contributed by atoms with Crippen molar-refractivity contribution in [3.05, 3.63) is 24.2 Å². The number of piperidine rings is 1. The van der Waals surface area contributed by atoms with E-state index in [1.807, 2.05) is 19.1 Å². The summed E-state index contributed by atoms with van der Waals surface area (Å²) < 4.78 is 30.4. The molecule has 1 fully saturated rings. The van der Waals surface area contributed by atoms with Gasteiger partial charge < -0.3 is 15.1 Å². The number of likely N-dealkylation sites (tertiary alicyclic amines) is 1. The number of rotatable bonds is 10. The lowest BCUT2D eigenvalue weighted by atomic mass is 10.1. The summed E-state index contributed by atoms with van der Waals surface area (Å²) in [6, 6.07) is 4.14. The Morgan fingerprint density at radius 1 is 1.31 bits per heavy atom. The van der Waals surface area contributed by atoms with E-state index in [-0.39, 0.29) is 30.0 Å². The smallest absolute Gasteiger partial charge is 0.211 e. The van der Waals surface area contributed by atoms with Gasteiger partial charge in [-0.25, -0.2) is 12.7 Å². The molecular formula is C19H36IN5O3S. The Labute approximate surface area is 192 Å². The minimum absolute atomic E-state index is 0. The first-order valence-corrected chi connectivity index (χ1v) is 12.0. The first-order chi connectivity index (χ1) is 13.5. The lowest BCUT2D eigenvalue weighted by Crippen LogP contribution is -2.45. The van der Waals surface area contributed by atoms with Crippen LogP contribution >= 0.6 is 24.0 Å². The predicted molar refractivity (Wildman–Crippen MR) is 128 cm³/mol. The fourth-order valence-electron chi connectivity index (χ4n) is 3.56. The van der Waals surface area contributed by atoms with Crippen molar-refractivity contribution in [2.75, 3.05) is 52.6 Å². The van der Waals surface area contributed by atoms with Crippen LogP contribution < -0.4 is 10.6 Å². The van der Waals surface area contributed by atoms with Crippen LogP contribution in [0.3, 0.4) is 0 Å². The van der Waals surface area contributed by atoms with Crippen LogP contribution in [0.25, 0.3) is 0 Å². The number of guanidine groups is 1. The maximum Gasteiger partial charge on any atom is 0.211 e. The highest BCUT2D eigenvalue weighted by Crippen LogP contribution is 2.24. The van der Waals surface area contributed by atoms with E-state index < -0.39 is 10.0 Å². The summed E-state index contributed by atoms with van der Waals surface area (Å²) in [5, 5.41) is 6.66. The molecular weight excluding hydrogens is 505 g/mol. The van der Waals surface area contributed by atoms with Gasteiger partial charge in [-0.05, 0) is 44.5 Å². The Kier molecular flexibility index (Phi) is 12.1. The van der Waals surface area contributed by atoms with Gasteiger partial charge in [0.2, 0.25) is 10.0 Å². The molecule has 0 spiro atoms. The number of hydrogen-bond donors (Lipinski definition) is 2. The molecule has 1 atom stereocenters. The maximum atomic E-state index is 11.6. The summed E-state index contributed by atoms with van der Waals surface area (Å²) in [4.78, 5) is 6.75. The second-order valence-electron chi connectivity index (χ2n) is 7.12. The highest BCUT2D eigenvalue weighted by molar-refractivity contribution is 14.0. The fraction of sp³-hybridized carbons (Fsp3) is 0.737. The lowest BCUT2D eigenvalue weighted by molar-refractivity contribution is 0.146. The Morgan fingerprint density at radius 3 is 2.59 bits per heavy atom. The molecule has 1 unspecified atom stereocenters. The van der Waals surface area contributed by atoms with Gasteiger partial charge >= 0.3 is 0 Å². The molecule has 1 saturated heterocycles. The van der Waals surface area contributed by atoms with Crippen molar-refractivity contribution in [2.45, 2.75) is 38.6 Å². The van der Waals surface area contributed by atoms with Crippen molar-refractivity contribution in [1.82, 2.24) is 19.8 Å². The molecule has 0 radical (unpaired) electrons. The van der Waals surface area contributed by atoms with E-state index in [9.17, 15) is 8.42 Å². The Morgan fingerprint density at radius 2 is 2.03 bits per heavy atom. The van der Waals surface area contributed by atoms with Crippen LogP contribution in [0, 0.1) is 0 Å². The summed E-state index contributed by atoms with van der Waals surface area (Å²) >= 11 is 0. The van der Waals surface area contributed by atoms with E-state index in [2.05, 4.69) is 20.5 Å². The molecule has 10 heteroatoms. The maximum absolute atomic E-state index is 11.6. The number of nitrogens with zero attached hydrogens (tertiary/aromatic N) is 3. The second-order valence-corrected chi connectivity index (χ2v) is 9.10. The van der Waals surface area contributed by atoms with Crippen LogP contribution in [0.5, 0.6) is 0 Å². The Balaban J connectivity index is 0.00000420. The van der Waals surface area contributed by atoms with Crippen molar-refractivity contribution in [3.8, 4) is 0 Å². The van der Waals surface area contributed by atoms with E-state index >= 15 is 0 Å². The van der Waals surface area contributed by atoms with Crippen LogP contribution in [0.15, 0.2) is 27.8 Å². The fourth-order valence-corrected chi connectivity index (χ4v) is 4.48. The first-order valence-electron chi connectivity index (χ1n) is 10.1. The van der Waals surface area contributed by atoms with Crippen molar-refractivity contribution >= 4 is 40.0 Å². The summed E-state index contributed by atoms with van der Waals surface area (Å²) in [7, 11) is -1.39. The Bertz CT molecular complexity index is 691. The monoisotopic (exact) mass is 541 g/mol. The highest BCUT2D eigenvalue weighted by Gasteiger charge is 2.24. The normalized spacial score (nSPS) is 17.0. The van der Waals surface area contributed by atoms with Crippen molar-refractivity contribution in [2.24, 2.45) is 4.99 Å². The number of halogens is 1. The molecule has 0 saturated carbocycles. The summed E-state index contributed by atoms with van der Waals surface area (Å²) in [5.74, 6) is 1.69. The summed E-state index contributed by atoms with van der Waals surface area (Å²) in [6.07, 6.45) is 7.42. The van der Waals surface area contributed by atoms with Crippen LogP contribution in [0.1, 0.15) is 44.4 Å². The molecule has 29 heavy (non-hydrogen) atoms. The van der Waals surface area contributed by atoms with Crippen molar-refractivity contribution < 1.29 is 12.8 Å². The van der Waals surface area contributed by atoms with Gasteiger partial charge in [-0.15, -0.1) is 24.0 Å². The number of nitrogens with one attached hydrogen (secondary N) is 2. The molecule has 0 amide bonds. The third kappa shape index (κ3) is 8.81. The Hall–Kier alpha value is -0.850. The minimum Gasteiger partial charge on any atom is -0.468 e. The standard InChI is InChI=1S/C19H35N5O3S.HI/c1-4-24(28(3,25)26)14-9-11-21-19(20-2)22-16-17(18-10-8-15-27-18)23-12-6-5-7-13-23;/h8,10,15,17H,4-7,9,11-14,16H2,1-3H3,(H2,20,21,22);1H. The minimum atomic E-state index is -3.14. The quantitative estimate of drug-likeness (QED) is 0.205. The van der Waals surface area contributed by atoms with Gasteiger partial charge in [0.1, 0.15) is 5.76 Å². The van der Waals surface area contributed by atoms with Gasteiger partial charge in [0.25, 0.3) is 0 Å². The number of sulfonamides is 1. The SMILES string of the molecule is CCN(CCCNC(=NC)NCC(c1ccco1)N1CCCCC1)S(C)(=O)=O.I. The molecule has 1 aliphatic heterocycles. The third-order valence-electron chi connectivity index (χ3n) is 5.09. The average Bonchev–Trinajstić information content (AvgIpc) is 3.20. The molecule has 0 aliphatic carbocycles. The van der Waals surface area contributed by atoms with E-state index in [4.69, 9.17) is 4.42 Å². The zero-order valence-electron chi connectivity index (χ0n) is 17.8. The average molecular weight is 542 g/mol. The first kappa shape index (κ1) is 26.2. The molecule has 1 aliphatic rings. The molecule has 2 N–H and O–H groups in total. The molecule has 0 aromatic carbocycles. The van der Waals surface area contributed by atoms with Gasteiger partial charge in [-0.3, -0.25) is 9.89 Å². The zero-order chi connectivity index (χ0) is 20.4. The van der Waals surface area contributed by atoms with Crippen LogP contribution in [0.2, 0.25) is 0 Å². The molecule has 0 bridgehead atoms. The number of hydrogen-bond acceptors (Lipinski definition) is 5. The number of aliphatic imine (C=N–C) groups is 1. The topological polar surface area (TPSA) is 90.2 Å². The van der Waals surface area contributed by atoms with Gasteiger partial charge in [0.15, 0.2) is 5.96 Å². The third-order valence-corrected chi connectivity index (χ3v) is 6.47. The lowest BCUT2D eigenvalue weighted by Gasteiger charge is -2.33. The molecule has 1 aromatic rings. The summed E-state index contributed by atoms with van der Waals surface area (Å²) in [5.41, 5.74) is 0. The molecule has 2 heterocycles. The van der Waals surface area contributed by atoms with Crippen molar-refractivity contribution in [3.63, 3.8) is 0 Å². The van der Waals surface area contributed by atoms with E-state index in [0.717, 1.165) is 31.2 Å². The largest absolute Gasteiger partial charge is 0.468 e. The highest BCUT2D eigenvalue weighted by atomic mass is 127. The second kappa shape index (κ2) is 13.5. The zero-order valence-corrected chi connectivity index (χ0v) is 20.9. The predicted octanol–water partition coefficient (Wildman–Crippen LogP) is 2.26. The molecule has 2 rings (SSSR count). The van der Waals surface area contributed by atoms with Gasteiger partial charge in [-0.2, -0.15) is 0 Å². The molecule has 8 nitrogen and oxygen atoms in total. The van der Waals surface area contributed by atoms with Gasteiger partial charge in [-0.1, -0.05) is 13.3 Å². The van der Waals surface area contributed by atoms with E-state index in [1.165, 1.54) is 29.8 Å². The van der Waals surface area contributed by atoms with Crippen molar-refractivity contribution in [1.29, 1.82) is 0 Å². The van der Waals surface area contributed by atoms with Crippen LogP contribution in [-0.4, -0.2) is 76.2 Å². The number of furan rings is 1. The molecule has 168 valence electrons. The van der Waals surface area contributed by atoms with E-state index in [0.29, 0.717) is 26.2 Å². The van der Waals surface area contributed by atoms with Crippen LogP contribution in [0.4, 0.5) is 0 Å².